The maximum atomic E-state index is 13.4. The molecule has 192 valence electrons. The summed E-state index contributed by atoms with van der Waals surface area (Å²) in [6.45, 7) is 0.358. The van der Waals surface area contributed by atoms with Crippen LogP contribution in [0, 0.1) is 0 Å². The Hall–Kier alpha value is -2.57. The number of rotatable bonds is 6. The fourth-order valence-electron chi connectivity index (χ4n) is 4.49. The first kappa shape index (κ1) is 25.7. The topological polar surface area (TPSA) is 64.2 Å². The molecule has 0 aliphatic carbocycles. The van der Waals surface area contributed by atoms with E-state index in [1.165, 1.54) is 17.3 Å². The predicted molar refractivity (Wildman–Crippen MR) is 156 cm³/mol. The first-order chi connectivity index (χ1) is 18.5. The van der Waals surface area contributed by atoms with E-state index >= 15 is 0 Å². The van der Waals surface area contributed by atoms with Gasteiger partial charge in [-0.2, -0.15) is 0 Å². The lowest BCUT2D eigenvalue weighted by Gasteiger charge is -2.29. The summed E-state index contributed by atoms with van der Waals surface area (Å²) >= 11 is 14.1. The van der Waals surface area contributed by atoms with Gasteiger partial charge in [0, 0.05) is 17.0 Å². The van der Waals surface area contributed by atoms with Gasteiger partial charge in [0.2, 0.25) is 0 Å². The Balaban J connectivity index is 1.18. The van der Waals surface area contributed by atoms with E-state index in [2.05, 4.69) is 41.4 Å². The van der Waals surface area contributed by atoms with Gasteiger partial charge in [-0.3, -0.25) is 9.09 Å². The monoisotopic (exact) mass is 580 g/mol. The highest BCUT2D eigenvalue weighted by Crippen LogP contribution is 2.58. The minimum absolute atomic E-state index is 0.144. The Labute approximate surface area is 235 Å². The summed E-state index contributed by atoms with van der Waals surface area (Å²) in [5, 5.41) is 1.87. The van der Waals surface area contributed by atoms with Crippen LogP contribution in [-0.2, 0) is 13.6 Å². The number of nitrogens with zero attached hydrogens (tertiary/aromatic N) is 1. The number of aromatic amines is 1. The van der Waals surface area contributed by atoms with Crippen molar-refractivity contribution in [1.29, 1.82) is 0 Å². The van der Waals surface area contributed by atoms with Gasteiger partial charge in [0.1, 0.15) is 5.49 Å². The summed E-state index contributed by atoms with van der Waals surface area (Å²) in [7, 11) is -3.32. The average Bonchev–Trinajstić information content (AvgIpc) is 3.34. The van der Waals surface area contributed by atoms with Crippen LogP contribution in [0.5, 0.6) is 0 Å². The van der Waals surface area contributed by atoms with E-state index in [0.717, 1.165) is 33.3 Å². The minimum atomic E-state index is -3.32. The van der Waals surface area contributed by atoms with Crippen LogP contribution >= 0.6 is 42.6 Å². The van der Waals surface area contributed by atoms with Gasteiger partial charge in [0.05, 0.1) is 28.8 Å². The van der Waals surface area contributed by atoms with Gasteiger partial charge >= 0.3 is 7.60 Å². The third-order valence-electron chi connectivity index (χ3n) is 6.39. The molecule has 0 amide bonds. The molecule has 1 N–H and O–H groups in total. The van der Waals surface area contributed by atoms with Crippen LogP contribution in [0.15, 0.2) is 96.2 Å². The maximum Gasteiger partial charge on any atom is 0.341 e. The third-order valence-corrected chi connectivity index (χ3v) is 10.3. The van der Waals surface area contributed by atoms with Crippen molar-refractivity contribution >= 4 is 53.6 Å². The van der Waals surface area contributed by atoms with Crippen LogP contribution < -0.4 is 0 Å². The molecule has 0 bridgehead atoms. The standard InChI is InChI=1S/C29H23Cl2N2O3PS/c30-23-8-4-7-22(15-23)28-13-14-35-37(34,36-28)18-38-29-32-26-16-24(25(31)17-27(26)33-29)21-11-9-20(10-12-21)19-5-2-1-3-6-19/h1-12,15-17,28H,13-14,18H2,(H,32,33). The number of halogens is 2. The summed E-state index contributed by atoms with van der Waals surface area (Å²) < 4.78 is 24.9. The van der Waals surface area contributed by atoms with Crippen molar-refractivity contribution in [2.75, 3.05) is 12.1 Å². The van der Waals surface area contributed by atoms with Gasteiger partial charge in [-0.15, -0.1) is 0 Å². The number of hydrogen-bond donors (Lipinski definition) is 1. The number of thioether (sulfide) groups is 1. The average molecular weight is 581 g/mol. The number of benzene rings is 4. The fraction of sp³-hybridized carbons (Fsp3) is 0.138. The number of fused-ring (bicyclic) bond motifs is 1. The van der Waals surface area contributed by atoms with Crippen LogP contribution in [0.25, 0.3) is 33.3 Å². The molecule has 0 radical (unpaired) electrons. The van der Waals surface area contributed by atoms with Crippen molar-refractivity contribution in [3.05, 3.63) is 107 Å². The SMILES string of the molecule is O=P1(CSc2nc3cc(-c4ccc(-c5ccccc5)cc4)c(Cl)cc3[nH]2)OCCC(c2cccc(Cl)c2)O1. The Morgan fingerprint density at radius 2 is 1.68 bits per heavy atom. The van der Waals surface area contributed by atoms with Crippen molar-refractivity contribution < 1.29 is 13.6 Å². The zero-order chi connectivity index (χ0) is 26.1. The van der Waals surface area contributed by atoms with Crippen molar-refractivity contribution in [2.24, 2.45) is 0 Å². The minimum Gasteiger partial charge on any atom is -0.333 e. The normalized spacial score (nSPS) is 19.6. The van der Waals surface area contributed by atoms with E-state index < -0.39 is 7.60 Å². The lowest BCUT2D eigenvalue weighted by atomic mass is 10.00. The Bertz CT molecular complexity index is 1640. The lowest BCUT2D eigenvalue weighted by molar-refractivity contribution is 0.0837. The van der Waals surface area contributed by atoms with Gasteiger partial charge in [-0.25, -0.2) is 4.98 Å². The maximum absolute atomic E-state index is 13.4. The smallest absolute Gasteiger partial charge is 0.333 e. The summed E-state index contributed by atoms with van der Waals surface area (Å²) in [5.74, 6) is 0. The van der Waals surface area contributed by atoms with E-state index in [0.29, 0.717) is 28.2 Å². The Morgan fingerprint density at radius 1 is 0.921 bits per heavy atom. The molecule has 2 heterocycles. The van der Waals surface area contributed by atoms with Gasteiger partial charge in [-0.1, -0.05) is 102 Å². The summed E-state index contributed by atoms with van der Waals surface area (Å²) in [4.78, 5) is 7.98. The highest BCUT2D eigenvalue weighted by molar-refractivity contribution is 8.04. The second kappa shape index (κ2) is 10.9. The van der Waals surface area contributed by atoms with Crippen molar-refractivity contribution in [3.8, 4) is 22.3 Å². The Morgan fingerprint density at radius 3 is 2.47 bits per heavy atom. The summed E-state index contributed by atoms with van der Waals surface area (Å²) in [5.41, 5.74) is 6.84. The number of aromatic nitrogens is 2. The zero-order valence-electron chi connectivity index (χ0n) is 20.1. The molecule has 5 aromatic rings. The van der Waals surface area contributed by atoms with Crippen LogP contribution in [-0.4, -0.2) is 22.1 Å². The number of H-pyrrole nitrogens is 1. The van der Waals surface area contributed by atoms with Gasteiger partial charge in [0.25, 0.3) is 0 Å². The molecular formula is C29H23Cl2N2O3PS. The molecule has 9 heteroatoms. The molecular weight excluding hydrogens is 558 g/mol. The van der Waals surface area contributed by atoms with Crippen LogP contribution in [0.4, 0.5) is 0 Å². The van der Waals surface area contributed by atoms with E-state index in [4.69, 9.17) is 37.2 Å². The number of hydrogen-bond acceptors (Lipinski definition) is 5. The highest BCUT2D eigenvalue weighted by Gasteiger charge is 2.35. The van der Waals surface area contributed by atoms with Crippen LogP contribution in [0.3, 0.4) is 0 Å². The van der Waals surface area contributed by atoms with E-state index in [1.54, 1.807) is 6.07 Å². The Kier molecular flexibility index (Phi) is 7.37. The van der Waals surface area contributed by atoms with Gasteiger partial charge in [-0.05, 0) is 46.5 Å². The molecule has 0 spiro atoms. The molecule has 38 heavy (non-hydrogen) atoms. The molecule has 0 saturated carbocycles. The molecule has 1 aliphatic rings. The third kappa shape index (κ3) is 5.57. The summed E-state index contributed by atoms with van der Waals surface area (Å²) in [6, 6.07) is 29.8. The fourth-order valence-corrected chi connectivity index (χ4v) is 8.03. The quantitative estimate of drug-likeness (QED) is 0.160. The number of nitrogens with one attached hydrogen (secondary N) is 1. The van der Waals surface area contributed by atoms with Crippen LogP contribution in [0.2, 0.25) is 10.0 Å². The molecule has 1 aromatic heterocycles. The molecule has 6 rings (SSSR count). The lowest BCUT2D eigenvalue weighted by Crippen LogP contribution is -2.15. The van der Waals surface area contributed by atoms with Gasteiger partial charge in [0.15, 0.2) is 5.16 Å². The first-order valence-corrected chi connectivity index (χ1v) is 15.6. The van der Waals surface area contributed by atoms with Crippen molar-refractivity contribution in [1.82, 2.24) is 9.97 Å². The predicted octanol–water partition coefficient (Wildman–Crippen LogP) is 9.62. The highest BCUT2D eigenvalue weighted by atomic mass is 35.5. The molecule has 4 aromatic carbocycles. The molecule has 1 fully saturated rings. The van der Waals surface area contributed by atoms with Crippen molar-refractivity contribution in [2.45, 2.75) is 17.7 Å². The molecule has 2 atom stereocenters. The zero-order valence-corrected chi connectivity index (χ0v) is 23.4. The molecule has 2 unspecified atom stereocenters. The number of imidazole rings is 1. The molecule has 1 aliphatic heterocycles. The van der Waals surface area contributed by atoms with Gasteiger partial charge < -0.3 is 9.51 Å². The largest absolute Gasteiger partial charge is 0.341 e. The van der Waals surface area contributed by atoms with Crippen LogP contribution in [0.1, 0.15) is 18.1 Å². The summed E-state index contributed by atoms with van der Waals surface area (Å²) in [6.07, 6.45) is 0.298. The van der Waals surface area contributed by atoms with E-state index in [1.807, 2.05) is 48.5 Å². The second-order valence-electron chi connectivity index (χ2n) is 8.99. The van der Waals surface area contributed by atoms with E-state index in [9.17, 15) is 4.57 Å². The molecule has 5 nitrogen and oxygen atoms in total. The van der Waals surface area contributed by atoms with Crippen molar-refractivity contribution in [3.63, 3.8) is 0 Å². The van der Waals surface area contributed by atoms with E-state index in [-0.39, 0.29) is 11.6 Å². The first-order valence-electron chi connectivity index (χ1n) is 12.1. The second-order valence-corrected chi connectivity index (χ2v) is 13.2. The molecule has 1 saturated heterocycles.